The molecular weight excluding hydrogens is 198 g/mol. The minimum atomic E-state index is -0.630. The Morgan fingerprint density at radius 3 is 2.40 bits per heavy atom. The first-order valence-corrected chi connectivity index (χ1v) is 4.27. The molecule has 0 bridgehead atoms. The van der Waals surface area contributed by atoms with E-state index in [1.165, 1.54) is 6.92 Å². The van der Waals surface area contributed by atoms with Gasteiger partial charge in [0.1, 0.15) is 5.75 Å². The first-order chi connectivity index (χ1) is 7.08. The second kappa shape index (κ2) is 4.99. The highest BCUT2D eigenvalue weighted by Gasteiger charge is 2.06. The molecule has 0 spiro atoms. The van der Waals surface area contributed by atoms with Gasteiger partial charge in [-0.25, -0.2) is 4.79 Å². The Kier molecular flexibility index (Phi) is 3.68. The third-order valence-electron chi connectivity index (χ3n) is 1.51. The monoisotopic (exact) mass is 209 g/mol. The van der Waals surface area contributed by atoms with Crippen LogP contribution in [0.15, 0.2) is 24.3 Å². The van der Waals surface area contributed by atoms with Crippen molar-refractivity contribution in [2.45, 2.75) is 6.92 Å². The maximum Gasteiger partial charge on any atom is 0.349 e. The minimum absolute atomic E-state index is 0.362. The number of ether oxygens (including phenoxy) is 2. The maximum atomic E-state index is 11.1. The molecule has 0 aliphatic heterocycles. The van der Waals surface area contributed by atoms with Crippen molar-refractivity contribution in [3.8, 4) is 5.75 Å². The van der Waals surface area contributed by atoms with Crippen LogP contribution >= 0.6 is 0 Å². The van der Waals surface area contributed by atoms with Crippen LogP contribution in [0, 0.1) is 0 Å². The van der Waals surface area contributed by atoms with E-state index in [2.05, 4.69) is 4.74 Å². The molecule has 0 saturated carbocycles. The predicted molar refractivity (Wildman–Crippen MR) is 53.1 cm³/mol. The van der Waals surface area contributed by atoms with Gasteiger partial charge in [-0.2, -0.15) is 0 Å². The number of hydrogen-bond donors (Lipinski definition) is 1. The number of anilines is 1. The summed E-state index contributed by atoms with van der Waals surface area (Å²) in [4.78, 5) is 21.5. The van der Waals surface area contributed by atoms with Gasteiger partial charge in [-0.3, -0.25) is 4.79 Å². The summed E-state index contributed by atoms with van der Waals surface area (Å²) in [5, 5.41) is 0. The third-order valence-corrected chi connectivity index (χ3v) is 1.51. The predicted octanol–water partition coefficient (Wildman–Crippen LogP) is 0.737. The second-order valence-electron chi connectivity index (χ2n) is 2.82. The summed E-state index contributed by atoms with van der Waals surface area (Å²) in [5.41, 5.74) is 6.02. The molecule has 15 heavy (non-hydrogen) atoms. The molecule has 5 nitrogen and oxygen atoms in total. The molecule has 0 fully saturated rings. The van der Waals surface area contributed by atoms with Gasteiger partial charge in [0, 0.05) is 12.6 Å². The largest absolute Gasteiger partial charge is 0.454 e. The Hall–Kier alpha value is -2.04. The average Bonchev–Trinajstić information content (AvgIpc) is 2.19. The van der Waals surface area contributed by atoms with Gasteiger partial charge < -0.3 is 15.2 Å². The quantitative estimate of drug-likeness (QED) is 0.451. The lowest BCUT2D eigenvalue weighted by Crippen LogP contribution is -2.17. The summed E-state index contributed by atoms with van der Waals surface area (Å²) in [7, 11) is 0. The highest BCUT2D eigenvalue weighted by atomic mass is 16.6. The van der Waals surface area contributed by atoms with Crippen LogP contribution in [-0.4, -0.2) is 18.5 Å². The first kappa shape index (κ1) is 11.0. The zero-order chi connectivity index (χ0) is 11.3. The fourth-order valence-corrected chi connectivity index (χ4v) is 0.857. The van der Waals surface area contributed by atoms with Crippen LogP contribution in [0.4, 0.5) is 5.69 Å². The maximum absolute atomic E-state index is 11.1. The van der Waals surface area contributed by atoms with Gasteiger partial charge in [-0.15, -0.1) is 0 Å². The van der Waals surface area contributed by atoms with E-state index in [-0.39, 0.29) is 6.61 Å². The van der Waals surface area contributed by atoms with Crippen molar-refractivity contribution in [3.05, 3.63) is 24.3 Å². The minimum Gasteiger partial charge on any atom is -0.454 e. The molecule has 5 heteroatoms. The molecular formula is C10H11NO4. The molecule has 0 aliphatic carbocycles. The molecule has 1 rings (SSSR count). The van der Waals surface area contributed by atoms with Crippen LogP contribution < -0.4 is 10.5 Å². The van der Waals surface area contributed by atoms with Crippen LogP contribution in [0.2, 0.25) is 0 Å². The van der Waals surface area contributed by atoms with Crippen LogP contribution in [0.3, 0.4) is 0 Å². The van der Waals surface area contributed by atoms with Crippen molar-refractivity contribution in [3.63, 3.8) is 0 Å². The van der Waals surface area contributed by atoms with Crippen molar-refractivity contribution in [1.29, 1.82) is 0 Å². The number of carbonyl (C=O) groups is 2. The smallest absolute Gasteiger partial charge is 0.349 e. The van der Waals surface area contributed by atoms with Gasteiger partial charge in [0.25, 0.3) is 0 Å². The lowest BCUT2D eigenvalue weighted by atomic mass is 10.3. The normalized spacial score (nSPS) is 9.40. The highest BCUT2D eigenvalue weighted by Crippen LogP contribution is 2.12. The second-order valence-corrected chi connectivity index (χ2v) is 2.82. The summed E-state index contributed by atoms with van der Waals surface area (Å²) in [6, 6.07) is 6.32. The number of nitrogen functional groups attached to an aromatic ring is 1. The number of carbonyl (C=O) groups excluding carboxylic acids is 2. The van der Waals surface area contributed by atoms with E-state index in [9.17, 15) is 9.59 Å². The van der Waals surface area contributed by atoms with Crippen molar-refractivity contribution >= 4 is 17.6 Å². The van der Waals surface area contributed by atoms with Crippen molar-refractivity contribution in [2.24, 2.45) is 0 Å². The molecule has 0 amide bonds. The molecule has 0 saturated heterocycles. The molecule has 0 atom stereocenters. The molecule has 1 aromatic rings. The Bertz CT molecular complexity index is 358. The number of hydrogen-bond acceptors (Lipinski definition) is 5. The van der Waals surface area contributed by atoms with E-state index < -0.39 is 11.9 Å². The third kappa shape index (κ3) is 4.12. The van der Waals surface area contributed by atoms with E-state index >= 15 is 0 Å². The number of nitrogens with two attached hydrogens (primary N) is 1. The van der Waals surface area contributed by atoms with E-state index in [4.69, 9.17) is 10.5 Å². The lowest BCUT2D eigenvalue weighted by molar-refractivity contribution is -0.152. The van der Waals surface area contributed by atoms with Gasteiger partial charge in [0.15, 0.2) is 6.61 Å². The summed E-state index contributed by atoms with van der Waals surface area (Å²) >= 11 is 0. The van der Waals surface area contributed by atoms with Gasteiger partial charge in [0.05, 0.1) is 0 Å². The van der Waals surface area contributed by atoms with Gasteiger partial charge in [-0.05, 0) is 24.3 Å². The van der Waals surface area contributed by atoms with Crippen LogP contribution in [0.25, 0.3) is 0 Å². The molecule has 0 aromatic heterocycles. The fourth-order valence-electron chi connectivity index (χ4n) is 0.857. The summed E-state index contributed by atoms with van der Waals surface area (Å²) in [6.45, 7) is 0.830. The Morgan fingerprint density at radius 1 is 1.27 bits per heavy atom. The van der Waals surface area contributed by atoms with Crippen LogP contribution in [0.5, 0.6) is 5.75 Å². The van der Waals surface area contributed by atoms with Gasteiger partial charge in [-0.1, -0.05) is 0 Å². The first-order valence-electron chi connectivity index (χ1n) is 4.27. The number of rotatable bonds is 3. The Morgan fingerprint density at radius 2 is 1.87 bits per heavy atom. The number of benzene rings is 1. The molecule has 2 N–H and O–H groups in total. The van der Waals surface area contributed by atoms with E-state index in [0.29, 0.717) is 11.4 Å². The summed E-state index contributed by atoms with van der Waals surface area (Å²) in [6.07, 6.45) is 0. The van der Waals surface area contributed by atoms with Gasteiger partial charge in [0.2, 0.25) is 0 Å². The van der Waals surface area contributed by atoms with Crippen LogP contribution in [0.1, 0.15) is 6.92 Å². The zero-order valence-corrected chi connectivity index (χ0v) is 8.23. The van der Waals surface area contributed by atoms with Crippen molar-refractivity contribution < 1.29 is 19.1 Å². The number of esters is 2. The van der Waals surface area contributed by atoms with Gasteiger partial charge >= 0.3 is 11.9 Å². The molecule has 0 unspecified atom stereocenters. The molecule has 0 aliphatic rings. The van der Waals surface area contributed by atoms with E-state index in [1.807, 2.05) is 0 Å². The summed E-state index contributed by atoms with van der Waals surface area (Å²) < 4.78 is 9.31. The van der Waals surface area contributed by atoms with E-state index in [1.54, 1.807) is 24.3 Å². The molecule has 80 valence electrons. The SMILES string of the molecule is CC(=O)OCC(=O)Oc1ccc(N)cc1. The molecule has 0 radical (unpaired) electrons. The van der Waals surface area contributed by atoms with Crippen molar-refractivity contribution in [2.75, 3.05) is 12.3 Å². The summed E-state index contributed by atoms with van der Waals surface area (Å²) in [5.74, 6) is -0.791. The highest BCUT2D eigenvalue weighted by molar-refractivity contribution is 5.77. The van der Waals surface area contributed by atoms with Crippen molar-refractivity contribution in [1.82, 2.24) is 0 Å². The fraction of sp³-hybridized carbons (Fsp3) is 0.200. The molecule has 1 aromatic carbocycles. The standard InChI is InChI=1S/C10H11NO4/c1-7(12)14-6-10(13)15-9-4-2-8(11)3-5-9/h2-5H,6,11H2,1H3. The Labute approximate surface area is 86.8 Å². The zero-order valence-electron chi connectivity index (χ0n) is 8.23. The Balaban J connectivity index is 2.44. The van der Waals surface area contributed by atoms with E-state index in [0.717, 1.165) is 0 Å². The lowest BCUT2D eigenvalue weighted by Gasteiger charge is -2.04. The average molecular weight is 209 g/mol. The topological polar surface area (TPSA) is 78.6 Å². The molecule has 0 heterocycles. The van der Waals surface area contributed by atoms with Crippen LogP contribution in [-0.2, 0) is 14.3 Å².